The van der Waals surface area contributed by atoms with Gasteiger partial charge in [0.1, 0.15) is 0 Å². The Bertz CT molecular complexity index is 733. The summed E-state index contributed by atoms with van der Waals surface area (Å²) in [6, 6.07) is 4.65. The molecule has 1 amide bonds. The Morgan fingerprint density at radius 3 is 2.52 bits per heavy atom. The lowest BCUT2D eigenvalue weighted by Gasteiger charge is -2.15. The Morgan fingerprint density at radius 1 is 1.22 bits per heavy atom. The van der Waals surface area contributed by atoms with Crippen LogP contribution in [0.4, 0.5) is 8.78 Å². The molecule has 120 valence electrons. The van der Waals surface area contributed by atoms with Gasteiger partial charge in [-0.1, -0.05) is 12.1 Å². The van der Waals surface area contributed by atoms with Crippen molar-refractivity contribution in [2.24, 2.45) is 0 Å². The van der Waals surface area contributed by atoms with Gasteiger partial charge < -0.3 is 10.4 Å². The van der Waals surface area contributed by atoms with Crippen LogP contribution in [0.3, 0.4) is 0 Å². The molecule has 7 heteroatoms. The lowest BCUT2D eigenvalue weighted by molar-refractivity contribution is -0.142. The molecule has 0 spiro atoms. The van der Waals surface area contributed by atoms with Crippen molar-refractivity contribution < 1.29 is 23.5 Å². The van der Waals surface area contributed by atoms with Crippen molar-refractivity contribution in [3.05, 3.63) is 65.0 Å². The van der Waals surface area contributed by atoms with Crippen LogP contribution in [-0.4, -0.2) is 22.0 Å². The van der Waals surface area contributed by atoms with E-state index < -0.39 is 29.6 Å². The summed E-state index contributed by atoms with van der Waals surface area (Å²) in [6.07, 6.45) is 1.45. The van der Waals surface area contributed by atoms with E-state index in [1.54, 1.807) is 19.1 Å². The average molecular weight is 320 g/mol. The molecule has 1 heterocycles. The predicted molar refractivity (Wildman–Crippen MR) is 77.6 cm³/mol. The zero-order valence-corrected chi connectivity index (χ0v) is 12.2. The molecule has 5 nitrogen and oxygen atoms in total. The van der Waals surface area contributed by atoms with E-state index in [1.807, 2.05) is 0 Å². The van der Waals surface area contributed by atoms with E-state index in [9.17, 15) is 23.5 Å². The van der Waals surface area contributed by atoms with E-state index in [4.69, 9.17) is 0 Å². The van der Waals surface area contributed by atoms with Crippen LogP contribution >= 0.6 is 0 Å². The average Bonchev–Trinajstić information content (AvgIpc) is 2.50. The van der Waals surface area contributed by atoms with E-state index in [2.05, 4.69) is 10.3 Å². The lowest BCUT2D eigenvalue weighted by Crippen LogP contribution is -2.34. The molecule has 0 fully saturated rings. The fourth-order valence-corrected chi connectivity index (χ4v) is 1.98. The number of hydrogen-bond acceptors (Lipinski definition) is 3. The minimum absolute atomic E-state index is 0.0493. The number of carboxylic acid groups (broad SMARTS) is 1. The maximum Gasteiger partial charge on any atom is 0.330 e. The van der Waals surface area contributed by atoms with Crippen LogP contribution in [0.5, 0.6) is 0 Å². The van der Waals surface area contributed by atoms with Crippen LogP contribution in [0.2, 0.25) is 0 Å². The maximum atomic E-state index is 13.2. The van der Waals surface area contributed by atoms with Gasteiger partial charge in [-0.3, -0.25) is 9.78 Å². The Labute approximate surface area is 131 Å². The van der Waals surface area contributed by atoms with Gasteiger partial charge in [0.05, 0.1) is 6.42 Å². The molecular formula is C16H14F2N2O3. The molecule has 1 atom stereocenters. The number of amides is 1. The maximum absolute atomic E-state index is 13.2. The highest BCUT2D eigenvalue weighted by Crippen LogP contribution is 2.17. The quantitative estimate of drug-likeness (QED) is 0.885. The van der Waals surface area contributed by atoms with Gasteiger partial charge in [-0.25, -0.2) is 13.6 Å². The molecule has 0 saturated heterocycles. The van der Waals surface area contributed by atoms with E-state index in [-0.39, 0.29) is 12.0 Å². The zero-order valence-electron chi connectivity index (χ0n) is 12.2. The molecule has 0 aliphatic heterocycles. The number of nitrogens with zero attached hydrogens (tertiary/aromatic N) is 1. The summed E-state index contributed by atoms with van der Waals surface area (Å²) in [4.78, 5) is 27.3. The summed E-state index contributed by atoms with van der Waals surface area (Å²) >= 11 is 0. The normalized spacial score (nSPS) is 11.8. The number of aromatic nitrogens is 1. The van der Waals surface area contributed by atoms with Crippen LogP contribution in [0.1, 0.15) is 22.9 Å². The Balaban J connectivity index is 2.12. The highest BCUT2D eigenvalue weighted by atomic mass is 19.2. The molecule has 2 N–H and O–H groups in total. The number of carbonyl (C=O) groups excluding carboxylic acids is 1. The number of rotatable bonds is 5. The van der Waals surface area contributed by atoms with Gasteiger partial charge in [-0.05, 0) is 36.2 Å². The summed E-state index contributed by atoms with van der Waals surface area (Å²) in [7, 11) is 0. The molecular weight excluding hydrogens is 306 g/mol. The number of aliphatic carboxylic acids is 1. The number of pyridine rings is 1. The number of benzene rings is 1. The molecule has 0 bridgehead atoms. The van der Waals surface area contributed by atoms with Crippen molar-refractivity contribution in [3.63, 3.8) is 0 Å². The number of nitrogens with one attached hydrogen (secondary N) is 1. The molecule has 1 aromatic carbocycles. The van der Waals surface area contributed by atoms with Crippen LogP contribution in [0, 0.1) is 18.6 Å². The lowest BCUT2D eigenvalue weighted by atomic mass is 10.1. The van der Waals surface area contributed by atoms with Crippen LogP contribution in [0.15, 0.2) is 36.5 Å². The molecule has 1 aromatic heterocycles. The summed E-state index contributed by atoms with van der Waals surface area (Å²) in [5, 5.41) is 11.5. The van der Waals surface area contributed by atoms with E-state index in [1.165, 1.54) is 6.20 Å². The Kier molecular flexibility index (Phi) is 5.00. The number of halogens is 2. The van der Waals surface area contributed by atoms with Gasteiger partial charge in [0, 0.05) is 11.9 Å². The summed E-state index contributed by atoms with van der Waals surface area (Å²) in [5.41, 5.74) is 1.36. The second-order valence-electron chi connectivity index (χ2n) is 5.00. The first-order valence-electron chi connectivity index (χ1n) is 6.75. The van der Waals surface area contributed by atoms with Crippen molar-refractivity contribution in [2.75, 3.05) is 0 Å². The van der Waals surface area contributed by atoms with Crippen LogP contribution in [0.25, 0.3) is 0 Å². The van der Waals surface area contributed by atoms with Gasteiger partial charge in [-0.15, -0.1) is 0 Å². The zero-order chi connectivity index (χ0) is 17.0. The predicted octanol–water partition coefficient (Wildman–Crippen LogP) is 2.15. The van der Waals surface area contributed by atoms with E-state index in [0.717, 1.165) is 23.9 Å². The van der Waals surface area contributed by atoms with Crippen LogP contribution in [-0.2, 0) is 16.0 Å². The molecule has 0 aliphatic carbocycles. The summed E-state index contributed by atoms with van der Waals surface area (Å²) in [5.74, 6) is -4.19. The van der Waals surface area contributed by atoms with Crippen molar-refractivity contribution in [2.45, 2.75) is 19.4 Å². The molecule has 23 heavy (non-hydrogen) atoms. The number of aryl methyl sites for hydroxylation is 1. The first-order valence-corrected chi connectivity index (χ1v) is 6.75. The molecule has 0 unspecified atom stereocenters. The number of carbonyl (C=O) groups is 2. The Hall–Kier alpha value is -2.83. The van der Waals surface area contributed by atoms with E-state index >= 15 is 0 Å². The second kappa shape index (κ2) is 6.95. The highest BCUT2D eigenvalue weighted by molar-refractivity contribution is 5.85. The van der Waals surface area contributed by atoms with Gasteiger partial charge in [0.25, 0.3) is 0 Å². The molecule has 2 aromatic rings. The van der Waals surface area contributed by atoms with Crippen molar-refractivity contribution in [1.82, 2.24) is 10.3 Å². The second-order valence-corrected chi connectivity index (χ2v) is 5.00. The van der Waals surface area contributed by atoms with Gasteiger partial charge in [-0.2, -0.15) is 0 Å². The first-order chi connectivity index (χ1) is 10.9. The number of hydrogen-bond donors (Lipinski definition) is 2. The smallest absolute Gasteiger partial charge is 0.330 e. The van der Waals surface area contributed by atoms with Gasteiger partial charge >= 0.3 is 5.97 Å². The summed E-state index contributed by atoms with van der Waals surface area (Å²) in [6.45, 7) is 1.80. The standard InChI is InChI=1S/C16H14F2N2O3/c1-9-2-3-10(8-19-9)6-14(21)20-15(16(22)23)11-4-5-12(17)13(18)7-11/h2-5,7-8,15H,6H2,1H3,(H,20,21)(H,22,23)/t15-/m1/s1. The fraction of sp³-hybridized carbons (Fsp3) is 0.188. The fourth-order valence-electron chi connectivity index (χ4n) is 1.98. The minimum atomic E-state index is -1.46. The third kappa shape index (κ3) is 4.32. The third-order valence-corrected chi connectivity index (χ3v) is 3.17. The monoisotopic (exact) mass is 320 g/mol. The van der Waals surface area contributed by atoms with Crippen molar-refractivity contribution in [1.29, 1.82) is 0 Å². The molecule has 0 radical (unpaired) electrons. The van der Waals surface area contributed by atoms with Crippen molar-refractivity contribution in [3.8, 4) is 0 Å². The van der Waals surface area contributed by atoms with Gasteiger partial charge in [0.2, 0.25) is 5.91 Å². The first kappa shape index (κ1) is 16.5. The van der Waals surface area contributed by atoms with Gasteiger partial charge in [0.15, 0.2) is 17.7 Å². The topological polar surface area (TPSA) is 79.3 Å². The number of carboxylic acids is 1. The molecule has 0 saturated carbocycles. The SMILES string of the molecule is Cc1ccc(CC(=O)N[C@@H](C(=O)O)c2ccc(F)c(F)c2)cn1. The van der Waals surface area contributed by atoms with E-state index in [0.29, 0.717) is 5.56 Å². The minimum Gasteiger partial charge on any atom is -0.479 e. The largest absolute Gasteiger partial charge is 0.479 e. The summed E-state index contributed by atoms with van der Waals surface area (Å²) < 4.78 is 26.2. The van der Waals surface area contributed by atoms with Crippen molar-refractivity contribution >= 4 is 11.9 Å². The Morgan fingerprint density at radius 2 is 1.96 bits per heavy atom. The van der Waals surface area contributed by atoms with Crippen LogP contribution < -0.4 is 5.32 Å². The third-order valence-electron chi connectivity index (χ3n) is 3.17. The molecule has 2 rings (SSSR count). The molecule has 0 aliphatic rings. The highest BCUT2D eigenvalue weighted by Gasteiger charge is 2.23.